The van der Waals surface area contributed by atoms with Crippen molar-refractivity contribution in [2.24, 2.45) is 0 Å². The molecule has 1 aromatic heterocycles. The highest BCUT2D eigenvalue weighted by atomic mass is 31.2. The summed E-state index contributed by atoms with van der Waals surface area (Å²) < 4.78 is 41.9. The van der Waals surface area contributed by atoms with Crippen molar-refractivity contribution in [1.82, 2.24) is 9.24 Å². The molecule has 0 aliphatic carbocycles. The summed E-state index contributed by atoms with van der Waals surface area (Å²) >= 11 is 0. The molecule has 3 aromatic carbocycles. The van der Waals surface area contributed by atoms with Crippen LogP contribution in [-0.4, -0.2) is 65.9 Å². The van der Waals surface area contributed by atoms with Gasteiger partial charge in [-0.25, -0.2) is 4.67 Å². The maximum Gasteiger partial charge on any atom is 0.286 e. The molecule has 12 nitrogen and oxygen atoms in total. The van der Waals surface area contributed by atoms with Gasteiger partial charge in [-0.15, -0.1) is 0 Å². The van der Waals surface area contributed by atoms with E-state index >= 15 is 0 Å². The van der Waals surface area contributed by atoms with E-state index in [4.69, 9.17) is 28.0 Å². The molecule has 1 saturated heterocycles. The Morgan fingerprint density at radius 2 is 1.52 bits per heavy atom. The van der Waals surface area contributed by atoms with Gasteiger partial charge in [-0.05, 0) is 68.7 Å². The second-order valence-corrected chi connectivity index (χ2v) is 14.4. The lowest BCUT2D eigenvalue weighted by Gasteiger charge is -2.39. The fourth-order valence-electron chi connectivity index (χ4n) is 6.52. The van der Waals surface area contributed by atoms with Crippen LogP contribution >= 0.6 is 8.53 Å². The number of benzene rings is 3. The van der Waals surface area contributed by atoms with Crippen molar-refractivity contribution in [2.45, 2.75) is 76.7 Å². The quantitative estimate of drug-likeness (QED) is 0.0324. The van der Waals surface area contributed by atoms with Crippen LogP contribution in [0.2, 0.25) is 0 Å². The van der Waals surface area contributed by atoms with Gasteiger partial charge < -0.3 is 32.6 Å². The molecular formula is C39H47N4O8P. The lowest BCUT2D eigenvalue weighted by molar-refractivity contribution is -0.384. The van der Waals surface area contributed by atoms with Crippen LogP contribution in [0.15, 0.2) is 97.3 Å². The van der Waals surface area contributed by atoms with Crippen LogP contribution in [0.1, 0.15) is 63.5 Å². The lowest BCUT2D eigenvalue weighted by Crippen LogP contribution is -2.39. The Morgan fingerprint density at radius 3 is 2.02 bits per heavy atom. The van der Waals surface area contributed by atoms with Crippen molar-refractivity contribution in [3.8, 4) is 17.6 Å². The molecule has 0 radical (unpaired) electrons. The first kappa shape index (κ1) is 38.9. The van der Waals surface area contributed by atoms with Gasteiger partial charge in [0.05, 0.1) is 57.1 Å². The van der Waals surface area contributed by atoms with Crippen molar-refractivity contribution in [3.63, 3.8) is 0 Å². The van der Waals surface area contributed by atoms with Gasteiger partial charge >= 0.3 is 0 Å². The molecule has 276 valence electrons. The van der Waals surface area contributed by atoms with Gasteiger partial charge in [-0.2, -0.15) is 5.26 Å². The molecule has 1 aliphatic heterocycles. The molecule has 1 aliphatic rings. The molecule has 4 atom stereocenters. The third kappa shape index (κ3) is 8.81. The van der Waals surface area contributed by atoms with Gasteiger partial charge in [-0.3, -0.25) is 10.1 Å². The van der Waals surface area contributed by atoms with Crippen molar-refractivity contribution in [3.05, 3.63) is 124 Å². The summed E-state index contributed by atoms with van der Waals surface area (Å²) in [7, 11) is 1.64. The minimum Gasteiger partial charge on any atom is -0.497 e. The number of nitro groups is 1. The minimum absolute atomic E-state index is 0.0317. The third-order valence-electron chi connectivity index (χ3n) is 8.95. The molecule has 0 N–H and O–H groups in total. The van der Waals surface area contributed by atoms with E-state index in [0.717, 1.165) is 16.7 Å². The number of ether oxygens (including phenoxy) is 4. The molecule has 5 rings (SSSR count). The predicted octanol–water partition coefficient (Wildman–Crippen LogP) is 8.37. The Morgan fingerprint density at radius 1 is 0.942 bits per heavy atom. The van der Waals surface area contributed by atoms with E-state index in [1.54, 1.807) is 25.0 Å². The standard InChI is InChI=1S/C39H47N4O8P/c1-28(2)42(29(3)4)52(49-24-10-22-40)51-36-25-38(41-23-21-33(26-41)43(44)45)50-37(36)27-48-39(30-11-8-7-9-12-30,31-13-17-34(46-5)18-14-31)32-15-19-35(47-6)20-16-32/h7-9,11-21,23,26,28-29,36-38H,10,24-25,27H2,1-6H3/t36-,37-,38-,52?/m1/s1. The largest absolute Gasteiger partial charge is 0.497 e. The Hall–Kier alpha value is -4.34. The van der Waals surface area contributed by atoms with E-state index in [1.807, 2.05) is 78.9 Å². The van der Waals surface area contributed by atoms with Crippen LogP contribution in [0, 0.1) is 21.4 Å². The summed E-state index contributed by atoms with van der Waals surface area (Å²) in [5, 5.41) is 20.8. The number of aromatic nitrogens is 1. The second kappa shape index (κ2) is 17.9. The number of methoxy groups -OCH3 is 2. The van der Waals surface area contributed by atoms with Gasteiger partial charge in [0.15, 0.2) is 0 Å². The highest BCUT2D eigenvalue weighted by Crippen LogP contribution is 2.51. The highest BCUT2D eigenvalue weighted by molar-refractivity contribution is 7.44. The second-order valence-electron chi connectivity index (χ2n) is 12.9. The van der Waals surface area contributed by atoms with Gasteiger partial charge in [0.1, 0.15) is 29.4 Å². The zero-order chi connectivity index (χ0) is 37.3. The summed E-state index contributed by atoms with van der Waals surface area (Å²) in [5.74, 6) is 1.42. The van der Waals surface area contributed by atoms with Crippen LogP contribution in [-0.2, 0) is 24.1 Å². The summed E-state index contributed by atoms with van der Waals surface area (Å²) in [6.45, 7) is 8.62. The number of hydrogen-bond acceptors (Lipinski definition) is 10. The fraction of sp³-hybridized carbons (Fsp3) is 0.410. The average molecular weight is 731 g/mol. The third-order valence-corrected chi connectivity index (χ3v) is 11.1. The molecule has 0 bridgehead atoms. The molecule has 0 saturated carbocycles. The van der Waals surface area contributed by atoms with Gasteiger partial charge in [0.2, 0.25) is 0 Å². The molecule has 2 heterocycles. The molecule has 52 heavy (non-hydrogen) atoms. The Labute approximate surface area is 306 Å². The van der Waals surface area contributed by atoms with Crippen molar-refractivity contribution in [2.75, 3.05) is 27.4 Å². The smallest absolute Gasteiger partial charge is 0.286 e. The number of nitrogens with zero attached hydrogens (tertiary/aromatic N) is 4. The first-order valence-corrected chi connectivity index (χ1v) is 18.4. The monoisotopic (exact) mass is 730 g/mol. The zero-order valence-electron chi connectivity index (χ0n) is 30.5. The minimum atomic E-state index is -1.63. The molecule has 1 unspecified atom stereocenters. The van der Waals surface area contributed by atoms with Crippen molar-refractivity contribution in [1.29, 1.82) is 5.26 Å². The van der Waals surface area contributed by atoms with Crippen LogP contribution in [0.4, 0.5) is 5.69 Å². The fourth-order valence-corrected chi connectivity index (χ4v) is 8.28. The first-order chi connectivity index (χ1) is 25.1. The van der Waals surface area contributed by atoms with E-state index in [9.17, 15) is 15.4 Å². The average Bonchev–Trinajstić information content (AvgIpc) is 3.81. The molecule has 0 spiro atoms. The van der Waals surface area contributed by atoms with Crippen LogP contribution < -0.4 is 9.47 Å². The number of hydrogen-bond donors (Lipinski definition) is 0. The van der Waals surface area contributed by atoms with Crippen molar-refractivity contribution < 1.29 is 32.9 Å². The zero-order valence-corrected chi connectivity index (χ0v) is 31.3. The van der Waals surface area contributed by atoms with Gasteiger partial charge in [0, 0.05) is 30.8 Å². The van der Waals surface area contributed by atoms with E-state index in [-0.39, 0.29) is 37.4 Å². The molecule has 0 amide bonds. The molecular weight excluding hydrogens is 683 g/mol. The van der Waals surface area contributed by atoms with E-state index in [2.05, 4.69) is 38.4 Å². The maximum absolute atomic E-state index is 11.6. The molecule has 4 aromatic rings. The van der Waals surface area contributed by atoms with E-state index < -0.39 is 37.5 Å². The summed E-state index contributed by atoms with van der Waals surface area (Å²) in [6, 6.07) is 29.4. The maximum atomic E-state index is 11.6. The van der Waals surface area contributed by atoms with Crippen LogP contribution in [0.5, 0.6) is 11.5 Å². The summed E-state index contributed by atoms with van der Waals surface area (Å²) in [4.78, 5) is 11.2. The molecule has 1 fully saturated rings. The lowest BCUT2D eigenvalue weighted by atomic mass is 9.80. The Balaban J connectivity index is 1.57. The Kier molecular flexibility index (Phi) is 13.4. The van der Waals surface area contributed by atoms with Crippen LogP contribution in [0.3, 0.4) is 0 Å². The molecule has 13 heteroatoms. The van der Waals surface area contributed by atoms with Crippen molar-refractivity contribution >= 4 is 14.2 Å². The van der Waals surface area contributed by atoms with Crippen LogP contribution in [0.25, 0.3) is 0 Å². The highest BCUT2D eigenvalue weighted by Gasteiger charge is 2.45. The normalized spacial score (nSPS) is 18.1. The SMILES string of the molecule is COc1ccc(C(OC[C@H]2O[C@@H](n3ccc([N+](=O)[O-])c3)C[C@H]2OP(OCCC#N)N(C(C)C)C(C)C)(c2ccccc2)c2ccc(OC)cc2)cc1. The first-order valence-electron chi connectivity index (χ1n) is 17.3. The predicted molar refractivity (Wildman–Crippen MR) is 198 cm³/mol. The summed E-state index contributed by atoms with van der Waals surface area (Å²) in [6.07, 6.45) is 2.01. The van der Waals surface area contributed by atoms with Gasteiger partial charge in [0.25, 0.3) is 14.2 Å². The van der Waals surface area contributed by atoms with E-state index in [0.29, 0.717) is 17.9 Å². The Bertz CT molecular complexity index is 1710. The van der Waals surface area contributed by atoms with Gasteiger partial charge in [-0.1, -0.05) is 54.6 Å². The topological polar surface area (TPSA) is 130 Å². The van der Waals surface area contributed by atoms with E-state index in [1.165, 1.54) is 12.3 Å². The summed E-state index contributed by atoms with van der Waals surface area (Å²) in [5.41, 5.74) is 1.49. The number of rotatable bonds is 18. The number of nitriles is 1.